The molecule has 7 nitrogen and oxygen atoms in total. The number of benzene rings is 1. The molecule has 148 valence electrons. The van der Waals surface area contributed by atoms with Gasteiger partial charge in [-0.1, -0.05) is 18.2 Å². The number of hydrogen-bond acceptors (Lipinski definition) is 4. The number of carbonyl (C=O) groups is 1. The number of amides is 1. The molecule has 3 fully saturated rings. The molecular formula is C19H28N4O3S. The second-order valence-electron chi connectivity index (χ2n) is 7.72. The highest BCUT2D eigenvalue weighted by atomic mass is 32.2. The lowest BCUT2D eigenvalue weighted by molar-refractivity contribution is -0.117. The highest BCUT2D eigenvalue weighted by Gasteiger charge is 2.36. The fraction of sp³-hybridized carbons (Fsp3) is 0.632. The lowest BCUT2D eigenvalue weighted by Crippen LogP contribution is -2.53. The molecule has 1 unspecified atom stereocenters. The quantitative estimate of drug-likeness (QED) is 0.750. The smallest absolute Gasteiger partial charge is 0.282 e. The zero-order chi connectivity index (χ0) is 18.9. The first-order valence-electron chi connectivity index (χ1n) is 9.87. The van der Waals surface area contributed by atoms with Crippen molar-refractivity contribution in [1.82, 2.24) is 13.5 Å². The number of anilines is 1. The van der Waals surface area contributed by atoms with E-state index in [1.807, 2.05) is 35.2 Å². The Bertz CT molecular complexity index is 756. The Labute approximate surface area is 161 Å². The van der Waals surface area contributed by atoms with Crippen LogP contribution < -0.4 is 4.90 Å². The Morgan fingerprint density at radius 3 is 2.19 bits per heavy atom. The van der Waals surface area contributed by atoms with Crippen LogP contribution in [-0.4, -0.2) is 80.2 Å². The van der Waals surface area contributed by atoms with Crippen LogP contribution in [0.25, 0.3) is 0 Å². The lowest BCUT2D eigenvalue weighted by atomic mass is 10.1. The summed E-state index contributed by atoms with van der Waals surface area (Å²) < 4.78 is 28.6. The normalized spacial score (nSPS) is 26.1. The van der Waals surface area contributed by atoms with E-state index >= 15 is 0 Å². The van der Waals surface area contributed by atoms with Crippen molar-refractivity contribution in [3.63, 3.8) is 0 Å². The summed E-state index contributed by atoms with van der Waals surface area (Å²) in [6.45, 7) is 5.47. The molecule has 0 aromatic heterocycles. The molecule has 0 radical (unpaired) electrons. The van der Waals surface area contributed by atoms with E-state index < -0.39 is 10.2 Å². The van der Waals surface area contributed by atoms with Crippen molar-refractivity contribution < 1.29 is 13.2 Å². The highest BCUT2D eigenvalue weighted by molar-refractivity contribution is 7.86. The summed E-state index contributed by atoms with van der Waals surface area (Å²) in [5, 5.41) is 0. The Morgan fingerprint density at radius 1 is 0.889 bits per heavy atom. The average Bonchev–Trinajstić information content (AvgIpc) is 3.33. The van der Waals surface area contributed by atoms with Crippen LogP contribution in [0.1, 0.15) is 19.3 Å². The van der Waals surface area contributed by atoms with Crippen LogP contribution in [0.5, 0.6) is 0 Å². The summed E-state index contributed by atoms with van der Waals surface area (Å²) in [4.78, 5) is 16.6. The minimum absolute atomic E-state index is 0.182. The van der Waals surface area contributed by atoms with Gasteiger partial charge < -0.3 is 9.80 Å². The summed E-state index contributed by atoms with van der Waals surface area (Å²) in [7, 11) is -3.29. The highest BCUT2D eigenvalue weighted by Crippen LogP contribution is 2.26. The van der Waals surface area contributed by atoms with Crippen molar-refractivity contribution in [3.8, 4) is 0 Å². The second-order valence-corrected chi connectivity index (χ2v) is 9.65. The molecule has 3 aliphatic rings. The summed E-state index contributed by atoms with van der Waals surface area (Å²) in [6, 6.07) is 9.81. The molecule has 1 amide bonds. The maximum absolute atomic E-state index is 12.7. The molecule has 3 saturated heterocycles. The van der Waals surface area contributed by atoms with E-state index in [1.54, 1.807) is 8.61 Å². The number of carbonyl (C=O) groups excluding carboxylic acids is 1. The van der Waals surface area contributed by atoms with Gasteiger partial charge in [-0.25, -0.2) is 0 Å². The number of piperazine rings is 1. The maximum atomic E-state index is 12.7. The van der Waals surface area contributed by atoms with Gasteiger partial charge in [0.1, 0.15) is 0 Å². The van der Waals surface area contributed by atoms with E-state index in [0.717, 1.165) is 44.7 Å². The predicted octanol–water partition coefficient (Wildman–Crippen LogP) is 0.998. The monoisotopic (exact) mass is 392 g/mol. The number of hydrogen-bond donors (Lipinski definition) is 0. The first-order valence-corrected chi connectivity index (χ1v) is 11.3. The number of para-hydroxylation sites is 1. The lowest BCUT2D eigenvalue weighted by Gasteiger charge is -2.36. The first-order chi connectivity index (χ1) is 13.0. The van der Waals surface area contributed by atoms with Gasteiger partial charge in [-0.05, 0) is 30.9 Å². The maximum Gasteiger partial charge on any atom is 0.282 e. The van der Waals surface area contributed by atoms with Crippen LogP contribution in [0.15, 0.2) is 30.3 Å². The van der Waals surface area contributed by atoms with E-state index in [4.69, 9.17) is 0 Å². The zero-order valence-corrected chi connectivity index (χ0v) is 16.5. The van der Waals surface area contributed by atoms with Crippen molar-refractivity contribution in [2.24, 2.45) is 5.92 Å². The molecule has 3 heterocycles. The molecule has 0 N–H and O–H groups in total. The van der Waals surface area contributed by atoms with Crippen molar-refractivity contribution in [2.75, 3.05) is 57.3 Å². The predicted molar refractivity (Wildman–Crippen MR) is 105 cm³/mol. The van der Waals surface area contributed by atoms with Crippen LogP contribution in [0, 0.1) is 5.92 Å². The third kappa shape index (κ3) is 4.03. The van der Waals surface area contributed by atoms with E-state index in [9.17, 15) is 13.2 Å². The Morgan fingerprint density at radius 2 is 1.52 bits per heavy atom. The largest absolute Gasteiger partial charge is 0.312 e. The van der Waals surface area contributed by atoms with E-state index in [-0.39, 0.29) is 5.91 Å². The number of rotatable bonds is 5. The van der Waals surface area contributed by atoms with Crippen LogP contribution in [-0.2, 0) is 15.0 Å². The minimum Gasteiger partial charge on any atom is -0.312 e. The number of nitrogens with zero attached hydrogens (tertiary/aromatic N) is 4. The molecule has 0 bridgehead atoms. The van der Waals surface area contributed by atoms with Crippen LogP contribution >= 0.6 is 0 Å². The molecule has 1 aromatic rings. The third-order valence-corrected chi connectivity index (χ3v) is 7.87. The fourth-order valence-corrected chi connectivity index (χ4v) is 6.02. The standard InChI is InChI=1S/C19H28N4O3S/c24-19-14-17(16-23(19)18-6-2-1-3-7-18)15-20-10-12-22(13-11-20)27(25,26)21-8-4-5-9-21/h1-3,6-7,17H,4-5,8-16H2. The molecule has 1 aromatic carbocycles. The van der Waals surface area contributed by atoms with E-state index in [1.165, 1.54) is 0 Å². The topological polar surface area (TPSA) is 64.2 Å². The van der Waals surface area contributed by atoms with Gasteiger partial charge in [0.05, 0.1) is 0 Å². The van der Waals surface area contributed by atoms with Crippen molar-refractivity contribution in [1.29, 1.82) is 0 Å². The Balaban J connectivity index is 1.29. The summed E-state index contributed by atoms with van der Waals surface area (Å²) in [5.74, 6) is 0.487. The van der Waals surface area contributed by atoms with E-state index in [2.05, 4.69) is 4.90 Å². The Hall–Kier alpha value is -1.48. The molecule has 0 spiro atoms. The summed E-state index contributed by atoms with van der Waals surface area (Å²) in [5.41, 5.74) is 0.964. The van der Waals surface area contributed by atoms with Gasteiger partial charge in [-0.3, -0.25) is 4.79 Å². The molecule has 8 heteroatoms. The SMILES string of the molecule is O=C1CC(CN2CCN(S(=O)(=O)N3CCCC3)CC2)CN1c1ccccc1. The summed E-state index contributed by atoms with van der Waals surface area (Å²) >= 11 is 0. The van der Waals surface area contributed by atoms with Gasteiger partial charge >= 0.3 is 0 Å². The average molecular weight is 393 g/mol. The molecule has 27 heavy (non-hydrogen) atoms. The minimum atomic E-state index is -3.29. The molecule has 0 aliphatic carbocycles. The molecule has 0 saturated carbocycles. The van der Waals surface area contributed by atoms with Crippen molar-refractivity contribution in [2.45, 2.75) is 19.3 Å². The second kappa shape index (κ2) is 7.87. The third-order valence-electron chi connectivity index (χ3n) is 5.84. The van der Waals surface area contributed by atoms with Crippen molar-refractivity contribution >= 4 is 21.8 Å². The fourth-order valence-electron chi connectivity index (χ4n) is 4.35. The van der Waals surface area contributed by atoms with Crippen molar-refractivity contribution in [3.05, 3.63) is 30.3 Å². The molecule has 3 aliphatic heterocycles. The van der Waals surface area contributed by atoms with Crippen LogP contribution in [0.3, 0.4) is 0 Å². The van der Waals surface area contributed by atoms with Crippen LogP contribution in [0.4, 0.5) is 5.69 Å². The zero-order valence-electron chi connectivity index (χ0n) is 15.7. The first kappa shape index (κ1) is 18.9. The van der Waals surface area contributed by atoms with Gasteiger partial charge in [0.2, 0.25) is 5.91 Å². The molecular weight excluding hydrogens is 364 g/mol. The molecule has 1 atom stereocenters. The van der Waals surface area contributed by atoms with Gasteiger partial charge in [0.15, 0.2) is 0 Å². The molecule has 4 rings (SSSR count). The van der Waals surface area contributed by atoms with E-state index in [0.29, 0.717) is 38.5 Å². The van der Waals surface area contributed by atoms with Crippen LogP contribution in [0.2, 0.25) is 0 Å². The summed E-state index contributed by atoms with van der Waals surface area (Å²) in [6.07, 6.45) is 2.50. The van der Waals surface area contributed by atoms with Gasteiger partial charge in [0, 0.05) is 64.5 Å². The van der Waals surface area contributed by atoms with Gasteiger partial charge in [-0.15, -0.1) is 0 Å². The van der Waals surface area contributed by atoms with Gasteiger partial charge in [-0.2, -0.15) is 17.0 Å². The van der Waals surface area contributed by atoms with Gasteiger partial charge in [0.25, 0.3) is 10.2 Å². The Kier molecular flexibility index (Phi) is 5.50.